The van der Waals surface area contributed by atoms with Crippen molar-refractivity contribution >= 4 is 29.0 Å². The lowest BCUT2D eigenvalue weighted by Gasteiger charge is -2.32. The monoisotopic (exact) mass is 394 g/mol. The molecule has 1 aromatic heterocycles. The standard InChI is InChI=1S/C19H24Cl2N4O/c1-3-26-17-11-14(4-5-16(17)20)12-25-8-6-15(7-9-25)23-18-10-13(2)22-19(21)24-18/h4-5,10-11,15H,3,6-9,12H2,1-2H3,(H,22,23,24). The lowest BCUT2D eigenvalue weighted by atomic mass is 10.0. The Morgan fingerprint density at radius 1 is 1.19 bits per heavy atom. The van der Waals surface area contributed by atoms with Crippen LogP contribution in [0.25, 0.3) is 0 Å². The molecule has 0 bridgehead atoms. The molecule has 0 saturated carbocycles. The van der Waals surface area contributed by atoms with E-state index in [1.165, 1.54) is 5.56 Å². The van der Waals surface area contributed by atoms with Crippen LogP contribution in [0.3, 0.4) is 0 Å². The van der Waals surface area contributed by atoms with Gasteiger partial charge in [0.2, 0.25) is 5.28 Å². The van der Waals surface area contributed by atoms with Crippen LogP contribution in [-0.2, 0) is 6.54 Å². The highest BCUT2D eigenvalue weighted by Gasteiger charge is 2.20. The van der Waals surface area contributed by atoms with Gasteiger partial charge in [-0.3, -0.25) is 4.90 Å². The predicted molar refractivity (Wildman–Crippen MR) is 106 cm³/mol. The van der Waals surface area contributed by atoms with Crippen molar-refractivity contribution in [3.8, 4) is 5.75 Å². The van der Waals surface area contributed by atoms with Gasteiger partial charge in [-0.2, -0.15) is 0 Å². The van der Waals surface area contributed by atoms with E-state index < -0.39 is 0 Å². The number of nitrogens with zero attached hydrogens (tertiary/aromatic N) is 3. The van der Waals surface area contributed by atoms with Crippen LogP contribution in [0, 0.1) is 6.92 Å². The number of likely N-dealkylation sites (tertiary alicyclic amines) is 1. The number of halogens is 2. The molecule has 140 valence electrons. The number of anilines is 1. The average Bonchev–Trinajstić information content (AvgIpc) is 2.59. The van der Waals surface area contributed by atoms with Crippen LogP contribution in [0.1, 0.15) is 31.0 Å². The van der Waals surface area contributed by atoms with E-state index in [9.17, 15) is 0 Å². The molecule has 0 spiro atoms. The Hall–Kier alpha value is -1.56. The van der Waals surface area contributed by atoms with Gasteiger partial charge in [-0.15, -0.1) is 0 Å². The first-order valence-electron chi connectivity index (χ1n) is 8.95. The third-order valence-corrected chi connectivity index (χ3v) is 4.95. The van der Waals surface area contributed by atoms with E-state index in [0.29, 0.717) is 17.7 Å². The molecule has 1 fully saturated rings. The zero-order valence-corrected chi connectivity index (χ0v) is 16.6. The van der Waals surface area contributed by atoms with Gasteiger partial charge in [0, 0.05) is 37.4 Å². The summed E-state index contributed by atoms with van der Waals surface area (Å²) in [5.74, 6) is 1.57. The van der Waals surface area contributed by atoms with Crippen LogP contribution < -0.4 is 10.1 Å². The highest BCUT2D eigenvalue weighted by Crippen LogP contribution is 2.27. The topological polar surface area (TPSA) is 50.3 Å². The summed E-state index contributed by atoms with van der Waals surface area (Å²) in [6.45, 7) is 7.47. The van der Waals surface area contributed by atoms with Crippen LogP contribution in [0.4, 0.5) is 5.82 Å². The molecular weight excluding hydrogens is 371 g/mol. The summed E-state index contributed by atoms with van der Waals surface area (Å²) < 4.78 is 5.59. The SMILES string of the molecule is CCOc1cc(CN2CCC(Nc3cc(C)nc(Cl)n3)CC2)ccc1Cl. The molecule has 1 aliphatic rings. The number of rotatable bonds is 6. The molecule has 2 aromatic rings. The van der Waals surface area contributed by atoms with Crippen molar-refractivity contribution in [1.82, 2.24) is 14.9 Å². The van der Waals surface area contributed by atoms with Crippen molar-refractivity contribution in [2.45, 2.75) is 39.3 Å². The first-order chi connectivity index (χ1) is 12.5. The van der Waals surface area contributed by atoms with E-state index in [1.54, 1.807) is 0 Å². The van der Waals surface area contributed by atoms with Gasteiger partial charge in [-0.05, 0) is 56.0 Å². The summed E-state index contributed by atoms with van der Waals surface area (Å²) in [6.07, 6.45) is 2.12. The first kappa shape index (κ1) is 19.2. The third kappa shape index (κ3) is 5.22. The number of aryl methyl sites for hydroxylation is 1. The molecule has 0 atom stereocenters. The van der Waals surface area contributed by atoms with E-state index in [-0.39, 0.29) is 5.28 Å². The highest BCUT2D eigenvalue weighted by atomic mass is 35.5. The van der Waals surface area contributed by atoms with Gasteiger partial charge in [0.1, 0.15) is 11.6 Å². The van der Waals surface area contributed by atoms with Gasteiger partial charge in [0.25, 0.3) is 0 Å². The molecule has 1 aromatic carbocycles. The Bertz CT molecular complexity index is 728. The Morgan fingerprint density at radius 3 is 2.65 bits per heavy atom. The molecule has 2 heterocycles. The fraction of sp³-hybridized carbons (Fsp3) is 0.474. The summed E-state index contributed by atoms with van der Waals surface area (Å²) in [7, 11) is 0. The summed E-state index contributed by atoms with van der Waals surface area (Å²) in [4.78, 5) is 10.8. The minimum Gasteiger partial charge on any atom is -0.492 e. The molecule has 0 aliphatic carbocycles. The number of ether oxygens (including phenoxy) is 1. The quantitative estimate of drug-likeness (QED) is 0.727. The van der Waals surface area contributed by atoms with Crippen molar-refractivity contribution in [2.24, 2.45) is 0 Å². The molecule has 3 rings (SSSR count). The maximum atomic E-state index is 6.17. The van der Waals surface area contributed by atoms with Gasteiger partial charge >= 0.3 is 0 Å². The first-order valence-corrected chi connectivity index (χ1v) is 9.70. The zero-order chi connectivity index (χ0) is 18.5. The molecule has 0 radical (unpaired) electrons. The van der Waals surface area contributed by atoms with Crippen LogP contribution in [-0.4, -0.2) is 40.6 Å². The van der Waals surface area contributed by atoms with Crippen LogP contribution >= 0.6 is 23.2 Å². The lowest BCUT2D eigenvalue weighted by Crippen LogP contribution is -2.38. The van der Waals surface area contributed by atoms with Crippen LogP contribution in [0.15, 0.2) is 24.3 Å². The van der Waals surface area contributed by atoms with Gasteiger partial charge in [-0.1, -0.05) is 17.7 Å². The van der Waals surface area contributed by atoms with Crippen molar-refractivity contribution in [1.29, 1.82) is 0 Å². The maximum Gasteiger partial charge on any atom is 0.224 e. The average molecular weight is 395 g/mol. The minimum absolute atomic E-state index is 0.290. The van der Waals surface area contributed by atoms with E-state index in [2.05, 4.69) is 26.3 Å². The second kappa shape index (κ2) is 8.89. The molecule has 5 nitrogen and oxygen atoms in total. The van der Waals surface area contributed by atoms with Crippen molar-refractivity contribution < 1.29 is 4.74 Å². The van der Waals surface area contributed by atoms with Crippen LogP contribution in [0.5, 0.6) is 5.75 Å². The minimum atomic E-state index is 0.290. The molecule has 0 amide bonds. The van der Waals surface area contributed by atoms with Crippen molar-refractivity contribution in [3.63, 3.8) is 0 Å². The van der Waals surface area contributed by atoms with Gasteiger partial charge < -0.3 is 10.1 Å². The van der Waals surface area contributed by atoms with Crippen LogP contribution in [0.2, 0.25) is 10.3 Å². The maximum absolute atomic E-state index is 6.17. The van der Waals surface area contributed by atoms with Crippen molar-refractivity contribution in [2.75, 3.05) is 25.0 Å². The zero-order valence-electron chi connectivity index (χ0n) is 15.1. The molecule has 1 saturated heterocycles. The Balaban J connectivity index is 1.53. The predicted octanol–water partition coefficient (Wildman–Crippen LogP) is 4.57. The number of piperidine rings is 1. The fourth-order valence-electron chi connectivity index (χ4n) is 3.22. The van der Waals surface area contributed by atoms with E-state index in [4.69, 9.17) is 27.9 Å². The highest BCUT2D eigenvalue weighted by molar-refractivity contribution is 6.32. The molecule has 1 N–H and O–H groups in total. The number of aromatic nitrogens is 2. The van der Waals surface area contributed by atoms with Gasteiger partial charge in [0.15, 0.2) is 0 Å². The fourth-order valence-corrected chi connectivity index (χ4v) is 3.62. The molecule has 7 heteroatoms. The van der Waals surface area contributed by atoms with Crippen molar-refractivity contribution in [3.05, 3.63) is 45.8 Å². The Labute approximate surface area is 164 Å². The number of benzene rings is 1. The summed E-state index contributed by atoms with van der Waals surface area (Å²) >= 11 is 12.1. The smallest absolute Gasteiger partial charge is 0.224 e. The molecule has 26 heavy (non-hydrogen) atoms. The van der Waals surface area contributed by atoms with E-state index in [0.717, 1.165) is 49.7 Å². The summed E-state index contributed by atoms with van der Waals surface area (Å²) in [6, 6.07) is 8.36. The largest absolute Gasteiger partial charge is 0.492 e. The number of hydrogen-bond donors (Lipinski definition) is 1. The lowest BCUT2D eigenvalue weighted by molar-refractivity contribution is 0.211. The second-order valence-corrected chi connectivity index (χ2v) is 7.30. The molecule has 0 unspecified atom stereocenters. The second-order valence-electron chi connectivity index (χ2n) is 6.56. The van der Waals surface area contributed by atoms with E-state index >= 15 is 0 Å². The number of hydrogen-bond acceptors (Lipinski definition) is 5. The third-order valence-electron chi connectivity index (χ3n) is 4.47. The molecular formula is C19H24Cl2N4O. The Kier molecular flexibility index (Phi) is 6.57. The van der Waals surface area contributed by atoms with Gasteiger partial charge in [0.05, 0.1) is 11.6 Å². The summed E-state index contributed by atoms with van der Waals surface area (Å²) in [5.41, 5.74) is 2.10. The van der Waals surface area contributed by atoms with E-state index in [1.807, 2.05) is 32.0 Å². The Morgan fingerprint density at radius 2 is 1.96 bits per heavy atom. The summed E-state index contributed by atoms with van der Waals surface area (Å²) in [5, 5.41) is 4.43. The number of nitrogens with one attached hydrogen (secondary N) is 1. The van der Waals surface area contributed by atoms with Gasteiger partial charge in [-0.25, -0.2) is 9.97 Å². The molecule has 1 aliphatic heterocycles. The normalized spacial score (nSPS) is 15.8.